The number of pyridine rings is 1. The van der Waals surface area contributed by atoms with Gasteiger partial charge in [-0.15, -0.1) is 0 Å². The number of rotatable bonds is 3. The molecule has 0 aromatic carbocycles. The van der Waals surface area contributed by atoms with Gasteiger partial charge in [-0.3, -0.25) is 30.2 Å². The molecule has 1 aromatic heterocycles. The minimum Gasteiger partial charge on any atom is -0.481 e. The quantitative estimate of drug-likeness (QED) is 0.552. The lowest BCUT2D eigenvalue weighted by Gasteiger charge is -2.23. The SMILES string of the molecule is O=C(NNC(=O)[C@@H]1[C@H](C(=O)O)[C@H]2C=C[C@H]1C2)c1ccncc1. The van der Waals surface area contributed by atoms with Crippen molar-refractivity contribution in [1.82, 2.24) is 15.8 Å². The average Bonchev–Trinajstić information content (AvgIpc) is 3.14. The van der Waals surface area contributed by atoms with Crippen LogP contribution in [0.25, 0.3) is 0 Å². The van der Waals surface area contributed by atoms with Crippen LogP contribution in [-0.2, 0) is 9.59 Å². The van der Waals surface area contributed by atoms with Crippen LogP contribution in [0.1, 0.15) is 16.8 Å². The van der Waals surface area contributed by atoms with Crippen LogP contribution < -0.4 is 10.9 Å². The highest BCUT2D eigenvalue weighted by Gasteiger charge is 2.51. The Morgan fingerprint density at radius 1 is 1.05 bits per heavy atom. The first-order chi connectivity index (χ1) is 10.6. The molecule has 114 valence electrons. The van der Waals surface area contributed by atoms with Gasteiger partial charge in [0.2, 0.25) is 5.91 Å². The van der Waals surface area contributed by atoms with Gasteiger partial charge in [-0.05, 0) is 30.4 Å². The van der Waals surface area contributed by atoms with Crippen molar-refractivity contribution in [1.29, 1.82) is 0 Å². The van der Waals surface area contributed by atoms with Gasteiger partial charge >= 0.3 is 5.97 Å². The van der Waals surface area contributed by atoms with E-state index in [1.807, 2.05) is 12.2 Å². The van der Waals surface area contributed by atoms with Gasteiger partial charge in [-0.25, -0.2) is 0 Å². The second-order valence-corrected chi connectivity index (χ2v) is 5.52. The Bertz CT molecular complexity index is 643. The third kappa shape index (κ3) is 2.45. The van der Waals surface area contributed by atoms with E-state index in [2.05, 4.69) is 15.8 Å². The Morgan fingerprint density at radius 2 is 1.68 bits per heavy atom. The first-order valence-electron chi connectivity index (χ1n) is 6.99. The summed E-state index contributed by atoms with van der Waals surface area (Å²) < 4.78 is 0. The fourth-order valence-electron chi connectivity index (χ4n) is 3.29. The minimum atomic E-state index is -0.975. The number of carboxylic acid groups (broad SMARTS) is 1. The second kappa shape index (κ2) is 5.59. The summed E-state index contributed by atoms with van der Waals surface area (Å²) in [6.45, 7) is 0. The van der Waals surface area contributed by atoms with E-state index in [1.54, 1.807) is 0 Å². The Labute approximate surface area is 126 Å². The third-order valence-electron chi connectivity index (χ3n) is 4.29. The number of aliphatic carboxylic acids is 1. The van der Waals surface area contributed by atoms with Gasteiger partial charge in [0.15, 0.2) is 0 Å². The molecule has 2 bridgehead atoms. The molecule has 0 unspecified atom stereocenters. The molecule has 0 saturated heterocycles. The number of fused-ring (bicyclic) bond motifs is 2. The normalized spacial score (nSPS) is 28.4. The monoisotopic (exact) mass is 301 g/mol. The van der Waals surface area contributed by atoms with Crippen molar-refractivity contribution in [3.05, 3.63) is 42.2 Å². The van der Waals surface area contributed by atoms with E-state index >= 15 is 0 Å². The minimum absolute atomic E-state index is 0.0797. The van der Waals surface area contributed by atoms with Gasteiger partial charge in [0.25, 0.3) is 5.91 Å². The number of nitrogens with zero attached hydrogens (tertiary/aromatic N) is 1. The van der Waals surface area contributed by atoms with E-state index in [9.17, 15) is 19.5 Å². The lowest BCUT2D eigenvalue weighted by Crippen LogP contribution is -2.48. The molecular formula is C15H15N3O4. The van der Waals surface area contributed by atoms with Crippen molar-refractivity contribution >= 4 is 17.8 Å². The molecule has 0 aliphatic heterocycles. The maximum atomic E-state index is 12.3. The summed E-state index contributed by atoms with van der Waals surface area (Å²) in [6, 6.07) is 3.03. The number of allylic oxidation sites excluding steroid dienone is 2. The number of carbonyl (C=O) groups excluding carboxylic acids is 2. The number of hydrazine groups is 1. The van der Waals surface area contributed by atoms with Crippen LogP contribution in [0.2, 0.25) is 0 Å². The Balaban J connectivity index is 1.64. The van der Waals surface area contributed by atoms with E-state index in [0.717, 1.165) is 0 Å². The van der Waals surface area contributed by atoms with Gasteiger partial charge in [0.1, 0.15) is 0 Å². The molecule has 0 spiro atoms. The van der Waals surface area contributed by atoms with Crippen LogP contribution in [0.15, 0.2) is 36.7 Å². The van der Waals surface area contributed by atoms with Gasteiger partial charge < -0.3 is 5.11 Å². The summed E-state index contributed by atoms with van der Waals surface area (Å²) in [5, 5.41) is 9.30. The number of hydrogen-bond donors (Lipinski definition) is 3. The van der Waals surface area contributed by atoms with Crippen molar-refractivity contribution < 1.29 is 19.5 Å². The van der Waals surface area contributed by atoms with Crippen molar-refractivity contribution in [2.45, 2.75) is 6.42 Å². The van der Waals surface area contributed by atoms with E-state index in [0.29, 0.717) is 12.0 Å². The second-order valence-electron chi connectivity index (χ2n) is 5.52. The zero-order chi connectivity index (χ0) is 15.7. The highest BCUT2D eigenvalue weighted by molar-refractivity contribution is 5.96. The zero-order valence-corrected chi connectivity index (χ0v) is 11.6. The molecule has 2 aliphatic carbocycles. The number of carbonyl (C=O) groups is 3. The molecule has 4 atom stereocenters. The smallest absolute Gasteiger partial charge is 0.307 e. The predicted molar refractivity (Wildman–Crippen MR) is 75.2 cm³/mol. The Morgan fingerprint density at radius 3 is 2.32 bits per heavy atom. The number of hydrogen-bond acceptors (Lipinski definition) is 4. The van der Waals surface area contributed by atoms with Crippen LogP contribution in [-0.4, -0.2) is 27.9 Å². The molecular weight excluding hydrogens is 286 g/mol. The summed E-state index contributed by atoms with van der Waals surface area (Å²) in [7, 11) is 0. The summed E-state index contributed by atoms with van der Waals surface area (Å²) in [5.41, 5.74) is 5.01. The summed E-state index contributed by atoms with van der Waals surface area (Å²) in [6.07, 6.45) is 7.37. The first kappa shape index (κ1) is 14.2. The van der Waals surface area contributed by atoms with E-state index < -0.39 is 29.6 Å². The molecule has 2 amide bonds. The number of carboxylic acids is 1. The van der Waals surface area contributed by atoms with Crippen LogP contribution in [0.5, 0.6) is 0 Å². The molecule has 3 N–H and O–H groups in total. The highest BCUT2D eigenvalue weighted by atomic mass is 16.4. The fraction of sp³-hybridized carbons (Fsp3) is 0.333. The maximum absolute atomic E-state index is 12.3. The molecule has 0 radical (unpaired) electrons. The predicted octanol–water partition coefficient (Wildman–Crippen LogP) is 0.365. The number of amides is 2. The fourth-order valence-corrected chi connectivity index (χ4v) is 3.29. The van der Waals surface area contributed by atoms with Crippen molar-refractivity contribution in [3.63, 3.8) is 0 Å². The molecule has 7 nitrogen and oxygen atoms in total. The van der Waals surface area contributed by atoms with E-state index in [4.69, 9.17) is 0 Å². The molecule has 22 heavy (non-hydrogen) atoms. The van der Waals surface area contributed by atoms with Crippen LogP contribution in [0.3, 0.4) is 0 Å². The van der Waals surface area contributed by atoms with Crippen molar-refractivity contribution in [3.8, 4) is 0 Å². The molecule has 2 aliphatic rings. The average molecular weight is 301 g/mol. The third-order valence-corrected chi connectivity index (χ3v) is 4.29. The van der Waals surface area contributed by atoms with E-state index in [1.165, 1.54) is 24.5 Å². The zero-order valence-electron chi connectivity index (χ0n) is 11.6. The molecule has 7 heteroatoms. The topological polar surface area (TPSA) is 108 Å². The largest absolute Gasteiger partial charge is 0.481 e. The van der Waals surface area contributed by atoms with Gasteiger partial charge in [-0.2, -0.15) is 0 Å². The molecule has 1 fully saturated rings. The lowest BCUT2D eigenvalue weighted by atomic mass is 9.82. The molecule has 1 saturated carbocycles. The Hall–Kier alpha value is -2.70. The van der Waals surface area contributed by atoms with E-state index in [-0.39, 0.29) is 11.8 Å². The first-order valence-corrected chi connectivity index (χ1v) is 6.99. The number of nitrogens with one attached hydrogen (secondary N) is 2. The number of aromatic nitrogens is 1. The maximum Gasteiger partial charge on any atom is 0.307 e. The van der Waals surface area contributed by atoms with Gasteiger partial charge in [0.05, 0.1) is 11.8 Å². The van der Waals surface area contributed by atoms with Crippen molar-refractivity contribution in [2.24, 2.45) is 23.7 Å². The highest BCUT2D eigenvalue weighted by Crippen LogP contribution is 2.48. The Kier molecular flexibility index (Phi) is 3.62. The molecule has 1 aromatic rings. The van der Waals surface area contributed by atoms with Crippen molar-refractivity contribution in [2.75, 3.05) is 0 Å². The van der Waals surface area contributed by atoms with Gasteiger partial charge in [0, 0.05) is 18.0 Å². The summed E-state index contributed by atoms with van der Waals surface area (Å²) in [4.78, 5) is 39.3. The lowest BCUT2D eigenvalue weighted by molar-refractivity contribution is -0.148. The standard InChI is InChI=1S/C15H15N3O4/c19-13(8-3-5-16-6-4-8)17-18-14(20)11-9-1-2-10(7-9)12(11)15(21)22/h1-6,9-12H,7H2,(H,17,19)(H,18,20)(H,21,22)/t9-,10-,11-,12+/m0/s1. The van der Waals surface area contributed by atoms with Crippen LogP contribution in [0.4, 0.5) is 0 Å². The van der Waals surface area contributed by atoms with Crippen LogP contribution >= 0.6 is 0 Å². The summed E-state index contributed by atoms with van der Waals surface area (Å²) in [5.74, 6) is -3.47. The van der Waals surface area contributed by atoms with Crippen LogP contribution in [0, 0.1) is 23.7 Å². The summed E-state index contributed by atoms with van der Waals surface area (Å²) >= 11 is 0. The molecule has 3 rings (SSSR count). The molecule has 1 heterocycles. The van der Waals surface area contributed by atoms with Gasteiger partial charge in [-0.1, -0.05) is 12.2 Å².